The molecule has 0 aromatic carbocycles. The van der Waals surface area contributed by atoms with Crippen LogP contribution in [0.4, 0.5) is 0 Å². The molecule has 1 aliphatic carbocycles. The van der Waals surface area contributed by atoms with Crippen LogP contribution in [0.1, 0.15) is 122 Å². The van der Waals surface area contributed by atoms with Crippen molar-refractivity contribution in [2.24, 2.45) is 0 Å². The third-order valence-electron chi connectivity index (χ3n) is 4.94. The predicted octanol–water partition coefficient (Wildman–Crippen LogP) is 7.62. The fourth-order valence-electron chi connectivity index (χ4n) is 3.52. The standard InChI is InChI=1S/C20H39/c1-2-3-4-5-6-7-8-9-10-11-12-14-17-20-18-15-13-16-19-20/h2-19H2,1H3. The summed E-state index contributed by atoms with van der Waals surface area (Å²) in [5.41, 5.74) is 0. The summed E-state index contributed by atoms with van der Waals surface area (Å²) in [6.07, 6.45) is 26.5. The van der Waals surface area contributed by atoms with Crippen molar-refractivity contribution in [1.82, 2.24) is 0 Å². The lowest BCUT2D eigenvalue weighted by atomic mass is 9.85. The summed E-state index contributed by atoms with van der Waals surface area (Å²) in [6.45, 7) is 2.30. The molecule has 0 N–H and O–H groups in total. The molecular weight excluding hydrogens is 240 g/mol. The van der Waals surface area contributed by atoms with Crippen LogP contribution in [0, 0.1) is 5.92 Å². The summed E-state index contributed by atoms with van der Waals surface area (Å²) in [7, 11) is 0. The third kappa shape index (κ3) is 10.7. The van der Waals surface area contributed by atoms with Crippen LogP contribution in [0.3, 0.4) is 0 Å². The summed E-state index contributed by atoms with van der Waals surface area (Å²) in [5, 5.41) is 0. The van der Waals surface area contributed by atoms with Crippen LogP contribution < -0.4 is 0 Å². The van der Waals surface area contributed by atoms with E-state index >= 15 is 0 Å². The first-order valence-electron chi connectivity index (χ1n) is 9.77. The number of unbranched alkanes of at least 4 members (excludes halogenated alkanes) is 11. The molecule has 1 rings (SSSR count). The van der Waals surface area contributed by atoms with Crippen LogP contribution >= 0.6 is 0 Å². The number of hydrogen-bond acceptors (Lipinski definition) is 0. The van der Waals surface area contributed by atoms with Gasteiger partial charge in [-0.05, 0) is 25.2 Å². The van der Waals surface area contributed by atoms with Crippen LogP contribution in [-0.4, -0.2) is 0 Å². The van der Waals surface area contributed by atoms with Gasteiger partial charge in [-0.1, -0.05) is 103 Å². The molecule has 20 heavy (non-hydrogen) atoms. The van der Waals surface area contributed by atoms with Gasteiger partial charge in [0.1, 0.15) is 0 Å². The maximum atomic E-state index is 2.30. The summed E-state index contributed by atoms with van der Waals surface area (Å²) in [6, 6.07) is 0. The SMILES string of the molecule is CCCCCCCCCCCCCC[C]1CCCCC1. The lowest BCUT2D eigenvalue weighted by Gasteiger charge is -2.20. The van der Waals surface area contributed by atoms with E-state index in [9.17, 15) is 0 Å². The number of rotatable bonds is 13. The van der Waals surface area contributed by atoms with Gasteiger partial charge in [0, 0.05) is 0 Å². The highest BCUT2D eigenvalue weighted by atomic mass is 14.2. The highest BCUT2D eigenvalue weighted by molar-refractivity contribution is 4.91. The van der Waals surface area contributed by atoms with Crippen LogP contribution in [0.15, 0.2) is 0 Å². The molecule has 0 aromatic rings. The largest absolute Gasteiger partial charge is 0.0654 e. The number of hydrogen-bond donors (Lipinski definition) is 0. The first-order chi connectivity index (χ1) is 9.93. The summed E-state index contributed by atoms with van der Waals surface area (Å²) in [5.74, 6) is 1.89. The van der Waals surface area contributed by atoms with Crippen molar-refractivity contribution >= 4 is 0 Å². The zero-order valence-electron chi connectivity index (χ0n) is 14.2. The zero-order valence-corrected chi connectivity index (χ0v) is 14.2. The minimum atomic E-state index is 1.37. The van der Waals surface area contributed by atoms with Gasteiger partial charge in [-0.3, -0.25) is 0 Å². The second-order valence-corrected chi connectivity index (χ2v) is 6.95. The average molecular weight is 280 g/mol. The van der Waals surface area contributed by atoms with Gasteiger partial charge in [0.15, 0.2) is 0 Å². The fourth-order valence-corrected chi connectivity index (χ4v) is 3.52. The van der Waals surface area contributed by atoms with E-state index in [-0.39, 0.29) is 0 Å². The van der Waals surface area contributed by atoms with Gasteiger partial charge in [0.2, 0.25) is 0 Å². The molecule has 0 unspecified atom stereocenters. The highest BCUT2D eigenvalue weighted by Gasteiger charge is 2.12. The molecule has 1 saturated carbocycles. The predicted molar refractivity (Wildman–Crippen MR) is 92.0 cm³/mol. The summed E-state index contributed by atoms with van der Waals surface area (Å²) in [4.78, 5) is 0. The monoisotopic (exact) mass is 279 g/mol. The molecule has 0 nitrogen and oxygen atoms in total. The Kier molecular flexibility index (Phi) is 12.6. The molecule has 1 radical (unpaired) electrons. The Labute approximate surface area is 129 Å². The van der Waals surface area contributed by atoms with E-state index in [2.05, 4.69) is 6.92 Å². The zero-order chi connectivity index (χ0) is 14.3. The van der Waals surface area contributed by atoms with Gasteiger partial charge in [0.05, 0.1) is 0 Å². The molecule has 0 amide bonds. The second-order valence-electron chi connectivity index (χ2n) is 6.95. The molecular formula is C20H39. The first kappa shape index (κ1) is 18.1. The lowest BCUT2D eigenvalue weighted by molar-refractivity contribution is 0.483. The van der Waals surface area contributed by atoms with Crippen LogP contribution in [0.2, 0.25) is 0 Å². The summed E-state index contributed by atoms with van der Waals surface area (Å²) >= 11 is 0. The quantitative estimate of drug-likeness (QED) is 0.304. The van der Waals surface area contributed by atoms with Crippen LogP contribution in [0.5, 0.6) is 0 Å². The van der Waals surface area contributed by atoms with Crippen molar-refractivity contribution in [3.8, 4) is 0 Å². The fraction of sp³-hybridized carbons (Fsp3) is 0.950. The average Bonchev–Trinajstić information content (AvgIpc) is 2.49. The molecule has 119 valence electrons. The van der Waals surface area contributed by atoms with Crippen molar-refractivity contribution in [2.45, 2.75) is 122 Å². The van der Waals surface area contributed by atoms with E-state index in [0.29, 0.717) is 0 Å². The maximum Gasteiger partial charge on any atom is -0.0241 e. The molecule has 0 aromatic heterocycles. The van der Waals surface area contributed by atoms with Gasteiger partial charge in [-0.25, -0.2) is 0 Å². The van der Waals surface area contributed by atoms with E-state index in [1.807, 2.05) is 5.92 Å². The highest BCUT2D eigenvalue weighted by Crippen LogP contribution is 2.29. The molecule has 0 saturated heterocycles. The van der Waals surface area contributed by atoms with Gasteiger partial charge in [-0.15, -0.1) is 0 Å². The normalized spacial score (nSPS) is 16.6. The molecule has 0 spiro atoms. The Morgan fingerprint density at radius 3 is 1.50 bits per heavy atom. The van der Waals surface area contributed by atoms with Crippen molar-refractivity contribution in [3.63, 3.8) is 0 Å². The van der Waals surface area contributed by atoms with E-state index in [1.165, 1.54) is 116 Å². The topological polar surface area (TPSA) is 0 Å². The lowest BCUT2D eigenvalue weighted by Crippen LogP contribution is -2.03. The van der Waals surface area contributed by atoms with E-state index in [4.69, 9.17) is 0 Å². The molecule has 0 heterocycles. The minimum Gasteiger partial charge on any atom is -0.0654 e. The molecule has 0 bridgehead atoms. The second kappa shape index (κ2) is 14.0. The molecule has 1 fully saturated rings. The van der Waals surface area contributed by atoms with Crippen LogP contribution in [0.25, 0.3) is 0 Å². The van der Waals surface area contributed by atoms with Gasteiger partial charge in [-0.2, -0.15) is 0 Å². The third-order valence-corrected chi connectivity index (χ3v) is 4.94. The van der Waals surface area contributed by atoms with E-state index in [1.54, 1.807) is 0 Å². The van der Waals surface area contributed by atoms with Crippen molar-refractivity contribution in [3.05, 3.63) is 5.92 Å². The maximum absolute atomic E-state index is 2.30. The van der Waals surface area contributed by atoms with Gasteiger partial charge < -0.3 is 0 Å². The Hall–Kier alpha value is 0. The Morgan fingerprint density at radius 1 is 0.550 bits per heavy atom. The summed E-state index contributed by atoms with van der Waals surface area (Å²) < 4.78 is 0. The minimum absolute atomic E-state index is 1.37. The molecule has 1 aliphatic rings. The van der Waals surface area contributed by atoms with Crippen molar-refractivity contribution in [1.29, 1.82) is 0 Å². The molecule has 0 heteroatoms. The first-order valence-corrected chi connectivity index (χ1v) is 9.77. The van der Waals surface area contributed by atoms with Crippen molar-refractivity contribution < 1.29 is 0 Å². The Balaban J connectivity index is 1.70. The molecule has 0 aliphatic heterocycles. The Morgan fingerprint density at radius 2 is 1.00 bits per heavy atom. The van der Waals surface area contributed by atoms with Gasteiger partial charge >= 0.3 is 0 Å². The van der Waals surface area contributed by atoms with E-state index < -0.39 is 0 Å². The van der Waals surface area contributed by atoms with E-state index in [0.717, 1.165) is 0 Å². The Bertz CT molecular complexity index is 178. The molecule has 0 atom stereocenters. The van der Waals surface area contributed by atoms with Gasteiger partial charge in [0.25, 0.3) is 0 Å². The van der Waals surface area contributed by atoms with Crippen molar-refractivity contribution in [2.75, 3.05) is 0 Å². The van der Waals surface area contributed by atoms with Crippen LogP contribution in [-0.2, 0) is 0 Å². The smallest absolute Gasteiger partial charge is 0.0241 e.